The monoisotopic (exact) mass is 256 g/mol. The van der Waals surface area contributed by atoms with E-state index in [4.69, 9.17) is 0 Å². The Morgan fingerprint density at radius 1 is 1.56 bits per heavy atom. The van der Waals surface area contributed by atoms with E-state index >= 15 is 0 Å². The molecule has 0 saturated heterocycles. The topological polar surface area (TPSA) is 24.9 Å². The van der Waals surface area contributed by atoms with Gasteiger partial charge in [-0.2, -0.15) is 0 Å². The molecule has 4 heteroatoms. The highest BCUT2D eigenvalue weighted by molar-refractivity contribution is 8.01. The lowest BCUT2D eigenvalue weighted by Gasteiger charge is -2.28. The SMILES string of the molecule is CCNC1CCCC(Sc2nc(C)cs2)C1. The third-order valence-corrected chi connectivity index (χ3v) is 5.37. The van der Waals surface area contributed by atoms with Crippen LogP contribution in [0.1, 0.15) is 38.3 Å². The Kier molecular flexibility index (Phi) is 4.67. The minimum atomic E-state index is 0.734. The standard InChI is InChI=1S/C12H20N2S2/c1-3-13-10-5-4-6-11(7-10)16-12-14-9(2)8-15-12/h8,10-11,13H,3-7H2,1-2H3. The van der Waals surface area contributed by atoms with Gasteiger partial charge in [0.1, 0.15) is 4.34 Å². The number of aromatic nitrogens is 1. The smallest absolute Gasteiger partial charge is 0.150 e. The molecule has 1 aliphatic rings. The summed E-state index contributed by atoms with van der Waals surface area (Å²) in [6.45, 7) is 5.36. The fourth-order valence-corrected chi connectivity index (χ4v) is 4.65. The first-order valence-corrected chi connectivity index (χ1v) is 7.86. The molecule has 2 unspecified atom stereocenters. The van der Waals surface area contributed by atoms with Crippen molar-refractivity contribution in [2.75, 3.05) is 6.54 Å². The third kappa shape index (κ3) is 3.47. The van der Waals surface area contributed by atoms with E-state index in [2.05, 4.69) is 29.5 Å². The summed E-state index contributed by atoms with van der Waals surface area (Å²) < 4.78 is 1.25. The molecule has 1 heterocycles. The summed E-state index contributed by atoms with van der Waals surface area (Å²) in [4.78, 5) is 4.54. The summed E-state index contributed by atoms with van der Waals surface area (Å²) in [6.07, 6.45) is 5.36. The van der Waals surface area contributed by atoms with Crippen LogP contribution in [0.25, 0.3) is 0 Å². The molecule has 1 fully saturated rings. The molecule has 0 radical (unpaired) electrons. The van der Waals surface area contributed by atoms with E-state index in [0.29, 0.717) is 0 Å². The lowest BCUT2D eigenvalue weighted by molar-refractivity contribution is 0.387. The average Bonchev–Trinajstić information content (AvgIpc) is 2.65. The molecule has 16 heavy (non-hydrogen) atoms. The zero-order valence-corrected chi connectivity index (χ0v) is 11.7. The summed E-state index contributed by atoms with van der Waals surface area (Å²) in [5.41, 5.74) is 1.16. The van der Waals surface area contributed by atoms with E-state index in [1.54, 1.807) is 11.3 Å². The van der Waals surface area contributed by atoms with Crippen molar-refractivity contribution < 1.29 is 0 Å². The average molecular weight is 256 g/mol. The van der Waals surface area contributed by atoms with Crippen molar-refractivity contribution in [2.45, 2.75) is 55.2 Å². The van der Waals surface area contributed by atoms with Crippen LogP contribution in [0.15, 0.2) is 9.72 Å². The van der Waals surface area contributed by atoms with Crippen LogP contribution < -0.4 is 5.32 Å². The number of thioether (sulfide) groups is 1. The predicted octanol–water partition coefficient (Wildman–Crippen LogP) is 3.46. The normalized spacial score (nSPS) is 25.9. The Morgan fingerprint density at radius 2 is 2.44 bits per heavy atom. The van der Waals surface area contributed by atoms with Crippen molar-refractivity contribution in [3.05, 3.63) is 11.1 Å². The van der Waals surface area contributed by atoms with Gasteiger partial charge < -0.3 is 5.32 Å². The Labute approximate surface area is 106 Å². The maximum absolute atomic E-state index is 4.54. The maximum Gasteiger partial charge on any atom is 0.150 e. The number of nitrogens with zero attached hydrogens (tertiary/aromatic N) is 1. The first kappa shape index (κ1) is 12.4. The van der Waals surface area contributed by atoms with E-state index in [-0.39, 0.29) is 0 Å². The van der Waals surface area contributed by atoms with Gasteiger partial charge in [0.05, 0.1) is 0 Å². The van der Waals surface area contributed by atoms with Crippen molar-refractivity contribution in [1.29, 1.82) is 0 Å². The summed E-state index contributed by atoms with van der Waals surface area (Å²) in [6, 6.07) is 0.734. The van der Waals surface area contributed by atoms with E-state index in [0.717, 1.165) is 23.5 Å². The highest BCUT2D eigenvalue weighted by Crippen LogP contribution is 2.35. The molecule has 0 amide bonds. The summed E-state index contributed by atoms with van der Waals surface area (Å²) in [5.74, 6) is 0. The van der Waals surface area contributed by atoms with Crippen molar-refractivity contribution in [3.63, 3.8) is 0 Å². The zero-order chi connectivity index (χ0) is 11.4. The molecule has 2 nitrogen and oxygen atoms in total. The van der Waals surface area contributed by atoms with Crippen LogP contribution in [0.4, 0.5) is 0 Å². The predicted molar refractivity (Wildman–Crippen MR) is 72.4 cm³/mol. The summed E-state index contributed by atoms with van der Waals surface area (Å²) in [7, 11) is 0. The molecule has 90 valence electrons. The lowest BCUT2D eigenvalue weighted by Crippen LogP contribution is -2.34. The van der Waals surface area contributed by atoms with Gasteiger partial charge in [0, 0.05) is 22.4 Å². The second-order valence-electron chi connectivity index (χ2n) is 4.42. The van der Waals surface area contributed by atoms with Crippen LogP contribution in [0.2, 0.25) is 0 Å². The van der Waals surface area contributed by atoms with E-state index < -0.39 is 0 Å². The van der Waals surface area contributed by atoms with Gasteiger partial charge in [-0.25, -0.2) is 4.98 Å². The minimum Gasteiger partial charge on any atom is -0.314 e. The minimum absolute atomic E-state index is 0.734. The molecular weight excluding hydrogens is 236 g/mol. The molecule has 2 atom stereocenters. The van der Waals surface area contributed by atoms with Crippen molar-refractivity contribution in [3.8, 4) is 0 Å². The molecule has 2 rings (SSSR count). The molecule has 1 saturated carbocycles. The number of rotatable bonds is 4. The number of hydrogen-bond acceptors (Lipinski definition) is 4. The van der Waals surface area contributed by atoms with Crippen LogP contribution in [-0.2, 0) is 0 Å². The van der Waals surface area contributed by atoms with Crippen LogP contribution in [0, 0.1) is 6.92 Å². The van der Waals surface area contributed by atoms with Crippen LogP contribution in [0.3, 0.4) is 0 Å². The lowest BCUT2D eigenvalue weighted by atomic mass is 9.95. The zero-order valence-electron chi connectivity index (χ0n) is 10.0. The van der Waals surface area contributed by atoms with Crippen LogP contribution in [-0.4, -0.2) is 22.8 Å². The fourth-order valence-electron chi connectivity index (χ4n) is 2.26. The van der Waals surface area contributed by atoms with Gasteiger partial charge in [-0.1, -0.05) is 25.1 Å². The first-order chi connectivity index (χ1) is 7.78. The first-order valence-electron chi connectivity index (χ1n) is 6.10. The molecule has 0 spiro atoms. The van der Waals surface area contributed by atoms with Crippen molar-refractivity contribution >= 4 is 23.1 Å². The molecule has 0 aliphatic heterocycles. The van der Waals surface area contributed by atoms with Gasteiger partial charge in [-0.15, -0.1) is 11.3 Å². The van der Waals surface area contributed by atoms with Gasteiger partial charge in [0.15, 0.2) is 0 Å². The molecule has 0 aromatic carbocycles. The Balaban J connectivity index is 1.85. The second kappa shape index (κ2) is 6.03. The van der Waals surface area contributed by atoms with Crippen molar-refractivity contribution in [1.82, 2.24) is 10.3 Å². The van der Waals surface area contributed by atoms with Gasteiger partial charge in [0.25, 0.3) is 0 Å². The van der Waals surface area contributed by atoms with Gasteiger partial charge in [-0.3, -0.25) is 0 Å². The fraction of sp³-hybridized carbons (Fsp3) is 0.750. The third-order valence-electron chi connectivity index (χ3n) is 2.98. The number of hydrogen-bond donors (Lipinski definition) is 1. The van der Waals surface area contributed by atoms with E-state index in [1.807, 2.05) is 11.8 Å². The Hall–Kier alpha value is -0.0600. The van der Waals surface area contributed by atoms with Crippen LogP contribution in [0.5, 0.6) is 0 Å². The summed E-state index contributed by atoms with van der Waals surface area (Å²) in [5, 5.41) is 6.49. The molecule has 1 aromatic heterocycles. The van der Waals surface area contributed by atoms with Gasteiger partial charge in [-0.05, 0) is 32.7 Å². The Bertz CT molecular complexity index is 323. The van der Waals surface area contributed by atoms with Gasteiger partial charge in [0.2, 0.25) is 0 Å². The summed E-state index contributed by atoms with van der Waals surface area (Å²) >= 11 is 3.77. The quantitative estimate of drug-likeness (QED) is 0.893. The number of nitrogens with one attached hydrogen (secondary N) is 1. The molecule has 1 aromatic rings. The Morgan fingerprint density at radius 3 is 3.12 bits per heavy atom. The molecule has 1 aliphatic carbocycles. The van der Waals surface area contributed by atoms with Crippen molar-refractivity contribution in [2.24, 2.45) is 0 Å². The molecule has 1 N–H and O–H groups in total. The highest BCUT2D eigenvalue weighted by Gasteiger charge is 2.22. The van der Waals surface area contributed by atoms with Crippen LogP contribution >= 0.6 is 23.1 Å². The van der Waals surface area contributed by atoms with E-state index in [1.165, 1.54) is 30.0 Å². The number of thiazole rings is 1. The van der Waals surface area contributed by atoms with Gasteiger partial charge >= 0.3 is 0 Å². The largest absolute Gasteiger partial charge is 0.314 e. The second-order valence-corrected chi connectivity index (χ2v) is 6.82. The number of aryl methyl sites for hydroxylation is 1. The highest BCUT2D eigenvalue weighted by atomic mass is 32.2. The maximum atomic E-state index is 4.54. The molecular formula is C12H20N2S2. The molecule has 0 bridgehead atoms. The van der Waals surface area contributed by atoms with E-state index in [9.17, 15) is 0 Å².